The summed E-state index contributed by atoms with van der Waals surface area (Å²) < 4.78 is 39.7. The van der Waals surface area contributed by atoms with Gasteiger partial charge in [0.1, 0.15) is 0 Å². The van der Waals surface area contributed by atoms with Gasteiger partial charge >= 0.3 is 6.18 Å². The summed E-state index contributed by atoms with van der Waals surface area (Å²) >= 11 is 0. The molecule has 2 aromatic heterocycles. The molecule has 172 valence electrons. The van der Waals surface area contributed by atoms with Gasteiger partial charge in [0.2, 0.25) is 0 Å². The Morgan fingerprint density at radius 1 is 1.03 bits per heavy atom. The fourth-order valence-electron chi connectivity index (χ4n) is 3.74. The lowest BCUT2D eigenvalue weighted by atomic mass is 10.2. The van der Waals surface area contributed by atoms with E-state index < -0.39 is 11.7 Å². The van der Waals surface area contributed by atoms with Gasteiger partial charge in [0.25, 0.3) is 5.91 Å². The van der Waals surface area contributed by atoms with Gasteiger partial charge < -0.3 is 4.90 Å². The van der Waals surface area contributed by atoms with E-state index in [9.17, 15) is 18.0 Å². The molecule has 0 N–H and O–H groups in total. The minimum Gasteiger partial charge on any atom is -0.336 e. The maximum atomic E-state index is 13.0. The number of amides is 1. The molecule has 1 aliphatic rings. The maximum Gasteiger partial charge on any atom is 0.417 e. The molecule has 1 fully saturated rings. The molecule has 0 atom stereocenters. The molecule has 1 amide bonds. The Hall–Kier alpha value is -3.46. The Morgan fingerprint density at radius 3 is 2.39 bits per heavy atom. The number of pyridine rings is 1. The summed E-state index contributed by atoms with van der Waals surface area (Å²) in [6.45, 7) is 5.25. The Bertz CT molecular complexity index is 1120. The van der Waals surface area contributed by atoms with Crippen LogP contribution in [0.15, 0.2) is 60.9 Å². The third kappa shape index (κ3) is 5.31. The van der Waals surface area contributed by atoms with Crippen LogP contribution >= 0.6 is 0 Å². The molecule has 0 bridgehead atoms. The van der Waals surface area contributed by atoms with Crippen LogP contribution in [0.2, 0.25) is 0 Å². The van der Waals surface area contributed by atoms with Crippen molar-refractivity contribution in [1.82, 2.24) is 24.6 Å². The molecule has 1 saturated heterocycles. The van der Waals surface area contributed by atoms with Crippen molar-refractivity contribution in [3.8, 4) is 5.82 Å². The topological polar surface area (TPSA) is 54.3 Å². The Morgan fingerprint density at radius 2 is 1.76 bits per heavy atom. The maximum absolute atomic E-state index is 13.0. The van der Waals surface area contributed by atoms with Crippen molar-refractivity contribution in [2.45, 2.75) is 13.1 Å². The lowest BCUT2D eigenvalue weighted by molar-refractivity contribution is -0.137. The summed E-state index contributed by atoms with van der Waals surface area (Å²) in [5, 5.41) is 4.18. The number of piperazine rings is 1. The van der Waals surface area contributed by atoms with Gasteiger partial charge in [-0.05, 0) is 24.6 Å². The van der Waals surface area contributed by atoms with E-state index in [1.807, 2.05) is 18.2 Å². The van der Waals surface area contributed by atoms with E-state index in [2.05, 4.69) is 39.3 Å². The van der Waals surface area contributed by atoms with Gasteiger partial charge in [0.15, 0.2) is 5.82 Å². The Balaban J connectivity index is 1.36. The molecular formula is C24H24F3N5O. The summed E-state index contributed by atoms with van der Waals surface area (Å²) in [6, 6.07) is 12.3. The minimum absolute atomic E-state index is 0.134. The number of benzene rings is 1. The molecule has 0 saturated carbocycles. The molecule has 0 radical (unpaired) electrons. The SMILES string of the molecule is Cc1c(C(=O)N2CCN(C/C=C/c3ccccc3)CC2)cnn1-c1ccc(C(F)(F)F)cn1. The van der Waals surface area contributed by atoms with Crippen LogP contribution in [0.4, 0.5) is 13.2 Å². The van der Waals surface area contributed by atoms with Crippen molar-refractivity contribution in [3.63, 3.8) is 0 Å². The number of hydrogen-bond donors (Lipinski definition) is 0. The van der Waals surface area contributed by atoms with Gasteiger partial charge in [-0.25, -0.2) is 9.67 Å². The van der Waals surface area contributed by atoms with E-state index in [1.165, 1.54) is 16.9 Å². The highest BCUT2D eigenvalue weighted by Gasteiger charge is 2.31. The van der Waals surface area contributed by atoms with Crippen molar-refractivity contribution >= 4 is 12.0 Å². The molecule has 6 nitrogen and oxygen atoms in total. The number of rotatable bonds is 5. The van der Waals surface area contributed by atoms with Crippen molar-refractivity contribution in [1.29, 1.82) is 0 Å². The number of carbonyl (C=O) groups excluding carboxylic acids is 1. The molecule has 33 heavy (non-hydrogen) atoms. The molecular weight excluding hydrogens is 431 g/mol. The second kappa shape index (κ2) is 9.58. The van der Waals surface area contributed by atoms with E-state index in [0.29, 0.717) is 24.3 Å². The average molecular weight is 455 g/mol. The van der Waals surface area contributed by atoms with Crippen LogP contribution in [0.1, 0.15) is 27.2 Å². The fraction of sp³-hybridized carbons (Fsp3) is 0.292. The van der Waals surface area contributed by atoms with Crippen LogP contribution in [-0.4, -0.2) is 63.2 Å². The summed E-state index contributed by atoms with van der Waals surface area (Å²) in [6.07, 6.45) is 1.98. The predicted molar refractivity (Wildman–Crippen MR) is 119 cm³/mol. The van der Waals surface area contributed by atoms with Crippen LogP contribution in [0.25, 0.3) is 11.9 Å². The lowest BCUT2D eigenvalue weighted by Crippen LogP contribution is -2.48. The summed E-state index contributed by atoms with van der Waals surface area (Å²) in [4.78, 5) is 21.0. The van der Waals surface area contributed by atoms with Crippen molar-refractivity contribution < 1.29 is 18.0 Å². The first-order chi connectivity index (χ1) is 15.8. The van der Waals surface area contributed by atoms with Crippen LogP contribution in [0.5, 0.6) is 0 Å². The smallest absolute Gasteiger partial charge is 0.336 e. The summed E-state index contributed by atoms with van der Waals surface area (Å²) in [5.74, 6) is 0.0970. The Labute approximate surface area is 190 Å². The first-order valence-corrected chi connectivity index (χ1v) is 10.6. The molecule has 4 rings (SSSR count). The van der Waals surface area contributed by atoms with E-state index in [1.54, 1.807) is 11.8 Å². The van der Waals surface area contributed by atoms with Gasteiger partial charge in [-0.3, -0.25) is 9.69 Å². The fourth-order valence-corrected chi connectivity index (χ4v) is 3.74. The standard InChI is InChI=1S/C24H24F3N5O/c1-18-21(17-29-32(18)22-10-9-20(16-28-22)24(25,26)27)23(33)31-14-12-30(13-15-31)11-5-8-19-6-3-2-4-7-19/h2-10,16-17H,11-15H2,1H3/b8-5+. The molecule has 1 aliphatic heterocycles. The zero-order valence-corrected chi connectivity index (χ0v) is 18.2. The van der Waals surface area contributed by atoms with Gasteiger partial charge in [-0.1, -0.05) is 42.5 Å². The highest BCUT2D eigenvalue weighted by atomic mass is 19.4. The van der Waals surface area contributed by atoms with E-state index in [4.69, 9.17) is 0 Å². The monoisotopic (exact) mass is 455 g/mol. The van der Waals surface area contributed by atoms with Gasteiger partial charge in [-0.15, -0.1) is 0 Å². The number of carbonyl (C=O) groups is 1. The number of nitrogens with zero attached hydrogens (tertiary/aromatic N) is 5. The van der Waals surface area contributed by atoms with Crippen LogP contribution < -0.4 is 0 Å². The highest BCUT2D eigenvalue weighted by Crippen LogP contribution is 2.29. The first kappa shape index (κ1) is 22.7. The molecule has 1 aromatic carbocycles. The van der Waals surface area contributed by atoms with Crippen molar-refractivity contribution in [2.24, 2.45) is 0 Å². The zero-order chi connectivity index (χ0) is 23.4. The molecule has 3 aromatic rings. The normalized spacial score (nSPS) is 15.3. The lowest BCUT2D eigenvalue weighted by Gasteiger charge is -2.34. The number of alkyl halides is 3. The second-order valence-corrected chi connectivity index (χ2v) is 7.86. The Kier molecular flexibility index (Phi) is 6.60. The molecule has 9 heteroatoms. The quantitative estimate of drug-likeness (QED) is 0.582. The van der Waals surface area contributed by atoms with E-state index >= 15 is 0 Å². The average Bonchev–Trinajstić information content (AvgIpc) is 3.20. The molecule has 0 unspecified atom stereocenters. The number of hydrogen-bond acceptors (Lipinski definition) is 4. The van der Waals surface area contributed by atoms with Crippen LogP contribution in [-0.2, 0) is 6.18 Å². The summed E-state index contributed by atoms with van der Waals surface area (Å²) in [7, 11) is 0. The molecule has 0 spiro atoms. The van der Waals surface area contributed by atoms with Gasteiger partial charge in [0.05, 0.1) is 23.0 Å². The number of halogens is 3. The predicted octanol–water partition coefficient (Wildman–Crippen LogP) is 4.07. The minimum atomic E-state index is -4.45. The molecule has 3 heterocycles. The molecule has 0 aliphatic carbocycles. The van der Waals surface area contributed by atoms with Crippen LogP contribution in [0, 0.1) is 6.92 Å². The van der Waals surface area contributed by atoms with Gasteiger partial charge in [0, 0.05) is 38.9 Å². The third-order valence-corrected chi connectivity index (χ3v) is 5.67. The van der Waals surface area contributed by atoms with Gasteiger partial charge in [-0.2, -0.15) is 18.3 Å². The first-order valence-electron chi connectivity index (χ1n) is 10.6. The third-order valence-electron chi connectivity index (χ3n) is 5.67. The summed E-state index contributed by atoms with van der Waals surface area (Å²) in [5.41, 5.74) is 1.29. The zero-order valence-electron chi connectivity index (χ0n) is 18.2. The van der Waals surface area contributed by atoms with Crippen molar-refractivity contribution in [3.05, 3.63) is 83.3 Å². The second-order valence-electron chi connectivity index (χ2n) is 7.86. The van der Waals surface area contributed by atoms with Crippen LogP contribution in [0.3, 0.4) is 0 Å². The van der Waals surface area contributed by atoms with Crippen molar-refractivity contribution in [2.75, 3.05) is 32.7 Å². The van der Waals surface area contributed by atoms with E-state index in [-0.39, 0.29) is 11.7 Å². The highest BCUT2D eigenvalue weighted by molar-refractivity contribution is 5.95. The largest absolute Gasteiger partial charge is 0.417 e. The number of aromatic nitrogens is 3. The van der Waals surface area contributed by atoms with E-state index in [0.717, 1.165) is 37.5 Å².